The van der Waals surface area contributed by atoms with E-state index < -0.39 is 5.54 Å². The zero-order valence-electron chi connectivity index (χ0n) is 14.3. The molecule has 4 rings (SSSR count). The van der Waals surface area contributed by atoms with Crippen molar-refractivity contribution in [3.8, 4) is 11.5 Å². The van der Waals surface area contributed by atoms with Crippen LogP contribution in [0.4, 0.5) is 0 Å². The van der Waals surface area contributed by atoms with E-state index in [1.165, 1.54) is 0 Å². The van der Waals surface area contributed by atoms with Gasteiger partial charge in [-0.1, -0.05) is 35.3 Å². The van der Waals surface area contributed by atoms with Crippen molar-refractivity contribution in [3.63, 3.8) is 0 Å². The molecule has 0 aliphatic heterocycles. The summed E-state index contributed by atoms with van der Waals surface area (Å²) in [5.41, 5.74) is 6.87. The lowest BCUT2D eigenvalue weighted by molar-refractivity contribution is 0.372. The highest BCUT2D eigenvalue weighted by molar-refractivity contribution is 7.98. The Bertz CT molecular complexity index is 875. The fourth-order valence-electron chi connectivity index (χ4n) is 3.07. The van der Waals surface area contributed by atoms with Gasteiger partial charge in [-0.2, -0.15) is 9.97 Å². The van der Waals surface area contributed by atoms with E-state index in [9.17, 15) is 0 Å². The highest BCUT2D eigenvalue weighted by Crippen LogP contribution is 2.37. The normalized spacial score (nSPS) is 15.8. The van der Waals surface area contributed by atoms with E-state index in [4.69, 9.17) is 14.8 Å². The van der Waals surface area contributed by atoms with Crippen molar-refractivity contribution in [1.82, 2.24) is 20.3 Å². The summed E-state index contributed by atoms with van der Waals surface area (Å²) < 4.78 is 10.7. The first-order valence-corrected chi connectivity index (χ1v) is 9.27. The highest BCUT2D eigenvalue weighted by Gasteiger charge is 2.36. The quantitative estimate of drug-likeness (QED) is 0.651. The maximum Gasteiger partial charge on any atom is 0.259 e. The van der Waals surface area contributed by atoms with E-state index in [1.807, 2.05) is 24.3 Å². The summed E-state index contributed by atoms with van der Waals surface area (Å²) in [6, 6.07) is 7.91. The molecule has 0 unspecified atom stereocenters. The smallest absolute Gasteiger partial charge is 0.259 e. The van der Waals surface area contributed by atoms with Crippen LogP contribution in [0.2, 0.25) is 0 Å². The van der Waals surface area contributed by atoms with Gasteiger partial charge in [0.1, 0.15) is 0 Å². The van der Waals surface area contributed by atoms with Crippen LogP contribution >= 0.6 is 24.2 Å². The van der Waals surface area contributed by atoms with Crippen LogP contribution in [0.1, 0.15) is 43.2 Å². The molecule has 138 valence electrons. The second kappa shape index (κ2) is 7.77. The van der Waals surface area contributed by atoms with Gasteiger partial charge in [-0.3, -0.25) is 0 Å². The Labute approximate surface area is 161 Å². The molecular formula is C17H20ClN5O2S. The molecule has 0 radical (unpaired) electrons. The number of aryl methyl sites for hydroxylation is 1. The topological polar surface area (TPSA) is 104 Å². The number of rotatable bonds is 5. The molecule has 7 nitrogen and oxygen atoms in total. The minimum Gasteiger partial charge on any atom is -0.338 e. The number of benzene rings is 1. The van der Waals surface area contributed by atoms with Crippen molar-refractivity contribution < 1.29 is 9.05 Å². The Kier molecular flexibility index (Phi) is 5.64. The van der Waals surface area contributed by atoms with Crippen molar-refractivity contribution in [2.24, 2.45) is 5.73 Å². The van der Waals surface area contributed by atoms with Crippen LogP contribution in [0.25, 0.3) is 11.5 Å². The number of nitrogens with two attached hydrogens (primary N) is 1. The van der Waals surface area contributed by atoms with Crippen LogP contribution < -0.4 is 5.73 Å². The van der Waals surface area contributed by atoms with E-state index in [0.717, 1.165) is 36.1 Å². The van der Waals surface area contributed by atoms with Gasteiger partial charge in [0.05, 0.1) is 16.9 Å². The Morgan fingerprint density at radius 1 is 1.12 bits per heavy atom. The molecule has 0 spiro atoms. The van der Waals surface area contributed by atoms with Gasteiger partial charge in [-0.15, -0.1) is 24.2 Å². The highest BCUT2D eigenvalue weighted by atomic mass is 35.5. The molecule has 2 aromatic heterocycles. The predicted octanol–water partition coefficient (Wildman–Crippen LogP) is 3.87. The van der Waals surface area contributed by atoms with Gasteiger partial charge in [-0.05, 0) is 31.9 Å². The molecule has 1 aliphatic carbocycles. The molecule has 0 bridgehead atoms. The lowest BCUT2D eigenvalue weighted by Gasteiger charge is -2.17. The summed E-state index contributed by atoms with van der Waals surface area (Å²) in [5.74, 6) is 2.91. The third-order valence-electron chi connectivity index (χ3n) is 4.41. The molecule has 2 heterocycles. The molecule has 1 aromatic carbocycles. The van der Waals surface area contributed by atoms with Gasteiger partial charge in [0.15, 0.2) is 11.6 Å². The fourth-order valence-corrected chi connectivity index (χ4v) is 3.95. The van der Waals surface area contributed by atoms with E-state index >= 15 is 0 Å². The third-order valence-corrected chi connectivity index (χ3v) is 5.46. The van der Waals surface area contributed by atoms with Crippen LogP contribution in [0.15, 0.2) is 38.2 Å². The standard InChI is InChI=1S/C17H19N5O2S.ClH/c1-11-19-14(23-21-11)10-25-13-7-3-2-6-12(13)15-20-16(22-24-15)17(18)8-4-5-9-17;/h2-3,6-7H,4-5,8-10,18H2,1H3;1H. The van der Waals surface area contributed by atoms with Crippen LogP contribution in [0.5, 0.6) is 0 Å². The molecule has 1 aliphatic rings. The molecule has 3 aromatic rings. The summed E-state index contributed by atoms with van der Waals surface area (Å²) in [5, 5.41) is 7.96. The predicted molar refractivity (Wildman–Crippen MR) is 99.9 cm³/mol. The second-order valence-electron chi connectivity index (χ2n) is 6.31. The minimum absolute atomic E-state index is 0. The molecule has 0 saturated heterocycles. The number of nitrogens with zero attached hydrogens (tertiary/aromatic N) is 4. The maximum atomic E-state index is 6.43. The Morgan fingerprint density at radius 2 is 1.88 bits per heavy atom. The van der Waals surface area contributed by atoms with Crippen molar-refractivity contribution in [1.29, 1.82) is 0 Å². The second-order valence-corrected chi connectivity index (χ2v) is 7.32. The first kappa shape index (κ1) is 18.9. The lowest BCUT2D eigenvalue weighted by atomic mass is 9.99. The van der Waals surface area contributed by atoms with Crippen molar-refractivity contribution >= 4 is 24.2 Å². The van der Waals surface area contributed by atoms with E-state index in [2.05, 4.69) is 20.3 Å². The molecule has 2 N–H and O–H groups in total. The van der Waals surface area contributed by atoms with Crippen molar-refractivity contribution in [2.45, 2.75) is 48.8 Å². The van der Waals surface area contributed by atoms with Crippen LogP contribution in [-0.2, 0) is 11.3 Å². The average Bonchev–Trinajstić information content (AvgIpc) is 3.35. The molecule has 0 atom stereocenters. The van der Waals surface area contributed by atoms with Crippen molar-refractivity contribution in [3.05, 3.63) is 41.8 Å². The summed E-state index contributed by atoms with van der Waals surface area (Å²) >= 11 is 1.59. The van der Waals surface area contributed by atoms with Gasteiger partial charge >= 0.3 is 0 Å². The molecule has 0 amide bonds. The van der Waals surface area contributed by atoms with E-state index in [0.29, 0.717) is 29.2 Å². The molecule has 1 saturated carbocycles. The summed E-state index contributed by atoms with van der Waals surface area (Å²) in [6.45, 7) is 1.80. The maximum absolute atomic E-state index is 6.43. The van der Waals surface area contributed by atoms with Gasteiger partial charge in [0, 0.05) is 4.90 Å². The summed E-state index contributed by atoms with van der Waals surface area (Å²) in [4.78, 5) is 9.83. The largest absolute Gasteiger partial charge is 0.338 e. The Morgan fingerprint density at radius 3 is 2.62 bits per heavy atom. The molecule has 9 heteroatoms. The van der Waals surface area contributed by atoms with Crippen molar-refractivity contribution in [2.75, 3.05) is 0 Å². The van der Waals surface area contributed by atoms with E-state index in [1.54, 1.807) is 18.7 Å². The molecule has 26 heavy (non-hydrogen) atoms. The average molecular weight is 394 g/mol. The fraction of sp³-hybridized carbons (Fsp3) is 0.412. The summed E-state index contributed by atoms with van der Waals surface area (Å²) in [6.07, 6.45) is 4.02. The van der Waals surface area contributed by atoms with Crippen LogP contribution in [0, 0.1) is 6.92 Å². The third kappa shape index (κ3) is 3.77. The number of hydrogen-bond donors (Lipinski definition) is 1. The first-order chi connectivity index (χ1) is 12.1. The van der Waals surface area contributed by atoms with E-state index in [-0.39, 0.29) is 12.4 Å². The number of halogens is 1. The SMILES string of the molecule is Cc1noc(CSc2ccccc2-c2nc(C3(N)CCCC3)no2)n1.Cl. The Balaban J connectivity index is 0.00000196. The molecular weight excluding hydrogens is 374 g/mol. The number of hydrogen-bond acceptors (Lipinski definition) is 8. The van der Waals surface area contributed by atoms with Gasteiger partial charge < -0.3 is 14.8 Å². The zero-order valence-corrected chi connectivity index (χ0v) is 16.0. The zero-order chi connectivity index (χ0) is 17.3. The van der Waals surface area contributed by atoms with Gasteiger partial charge in [-0.25, -0.2) is 0 Å². The minimum atomic E-state index is -0.453. The first-order valence-electron chi connectivity index (χ1n) is 8.28. The number of thioether (sulfide) groups is 1. The molecule has 1 fully saturated rings. The summed E-state index contributed by atoms with van der Waals surface area (Å²) in [7, 11) is 0. The monoisotopic (exact) mass is 393 g/mol. The van der Waals surface area contributed by atoms with Crippen LogP contribution in [0.3, 0.4) is 0 Å². The lowest BCUT2D eigenvalue weighted by Crippen LogP contribution is -2.34. The number of aromatic nitrogens is 4. The van der Waals surface area contributed by atoms with Gasteiger partial charge in [0.25, 0.3) is 5.89 Å². The van der Waals surface area contributed by atoms with Crippen LogP contribution in [-0.4, -0.2) is 20.3 Å². The van der Waals surface area contributed by atoms with Gasteiger partial charge in [0.2, 0.25) is 5.89 Å². The Hall–Kier alpha value is -1.90.